The average Bonchev–Trinajstić information content (AvgIpc) is 2.97. The summed E-state index contributed by atoms with van der Waals surface area (Å²) in [5, 5.41) is 5.87. The molecule has 0 aromatic heterocycles. The fraction of sp³-hybridized carbons (Fsp3) is 0.467. The molecule has 0 spiro atoms. The van der Waals surface area contributed by atoms with E-state index in [0.717, 1.165) is 24.4 Å². The second-order valence-electron chi connectivity index (χ2n) is 5.27. The van der Waals surface area contributed by atoms with Gasteiger partial charge in [0, 0.05) is 32.6 Å². The minimum atomic E-state index is -0.529. The molecular formula is C15H19N3O3. The Bertz CT molecular complexity index is 516. The molecule has 0 bridgehead atoms. The highest BCUT2D eigenvalue weighted by molar-refractivity contribution is 5.87. The van der Waals surface area contributed by atoms with Crippen LogP contribution in [-0.4, -0.2) is 55.5 Å². The molecule has 2 heterocycles. The van der Waals surface area contributed by atoms with Gasteiger partial charge in [-0.15, -0.1) is 0 Å². The quantitative estimate of drug-likeness (QED) is 0.790. The number of hydrogen-bond acceptors (Lipinski definition) is 4. The van der Waals surface area contributed by atoms with Crippen LogP contribution in [0, 0.1) is 0 Å². The molecule has 1 fully saturated rings. The van der Waals surface area contributed by atoms with Crippen LogP contribution in [0.4, 0.5) is 0 Å². The minimum absolute atomic E-state index is 0.0367. The van der Waals surface area contributed by atoms with Crippen LogP contribution in [0.5, 0.6) is 5.75 Å². The SMILES string of the molecule is O=C(NCC(=O)N1CCNCC1)C1Cc2ccccc2O1. The molecule has 2 aliphatic rings. The molecule has 2 aliphatic heterocycles. The lowest BCUT2D eigenvalue weighted by Gasteiger charge is -2.27. The summed E-state index contributed by atoms with van der Waals surface area (Å²) in [6.45, 7) is 3.04. The lowest BCUT2D eigenvalue weighted by molar-refractivity contribution is -0.135. The summed E-state index contributed by atoms with van der Waals surface area (Å²) in [6.07, 6.45) is 0.0299. The van der Waals surface area contributed by atoms with E-state index in [1.165, 1.54) is 0 Å². The summed E-state index contributed by atoms with van der Waals surface area (Å²) in [6, 6.07) is 7.62. The van der Waals surface area contributed by atoms with Crippen molar-refractivity contribution in [3.63, 3.8) is 0 Å². The lowest BCUT2D eigenvalue weighted by Crippen LogP contribution is -2.50. The van der Waals surface area contributed by atoms with Crippen LogP contribution in [0.25, 0.3) is 0 Å². The molecule has 6 heteroatoms. The van der Waals surface area contributed by atoms with Crippen LogP contribution in [0.1, 0.15) is 5.56 Å². The Labute approximate surface area is 123 Å². The van der Waals surface area contributed by atoms with Gasteiger partial charge in [-0.1, -0.05) is 18.2 Å². The Hall–Kier alpha value is -2.08. The molecule has 0 saturated carbocycles. The first-order valence-electron chi connectivity index (χ1n) is 7.25. The number of fused-ring (bicyclic) bond motifs is 1. The molecule has 1 saturated heterocycles. The number of hydrogen-bond donors (Lipinski definition) is 2. The van der Waals surface area contributed by atoms with Gasteiger partial charge in [0.1, 0.15) is 5.75 Å². The van der Waals surface area contributed by atoms with Crippen LogP contribution in [0.15, 0.2) is 24.3 Å². The number of carbonyl (C=O) groups is 2. The van der Waals surface area contributed by atoms with Crippen LogP contribution in [0.3, 0.4) is 0 Å². The number of benzene rings is 1. The Kier molecular flexibility index (Phi) is 4.06. The largest absolute Gasteiger partial charge is 0.480 e. The molecule has 1 atom stereocenters. The summed E-state index contributed by atoms with van der Waals surface area (Å²) in [5.74, 6) is 0.487. The van der Waals surface area contributed by atoms with Crippen LogP contribution >= 0.6 is 0 Å². The highest BCUT2D eigenvalue weighted by Crippen LogP contribution is 2.27. The van der Waals surface area contributed by atoms with E-state index in [1.807, 2.05) is 24.3 Å². The minimum Gasteiger partial charge on any atom is -0.480 e. The van der Waals surface area contributed by atoms with Gasteiger partial charge in [-0.05, 0) is 11.6 Å². The van der Waals surface area contributed by atoms with E-state index in [-0.39, 0.29) is 18.4 Å². The molecule has 3 rings (SSSR count). The standard InChI is InChI=1S/C15H19N3O3/c19-14(18-7-5-16-6-8-18)10-17-15(20)13-9-11-3-1-2-4-12(11)21-13/h1-4,13,16H,5-10H2,(H,17,20). The lowest BCUT2D eigenvalue weighted by atomic mass is 10.1. The van der Waals surface area contributed by atoms with E-state index in [9.17, 15) is 9.59 Å². The molecule has 2 N–H and O–H groups in total. The first-order chi connectivity index (χ1) is 10.2. The molecule has 1 aromatic rings. The number of nitrogens with zero attached hydrogens (tertiary/aromatic N) is 1. The van der Waals surface area contributed by atoms with Crippen molar-refractivity contribution in [1.82, 2.24) is 15.5 Å². The van der Waals surface area contributed by atoms with Crippen LogP contribution in [-0.2, 0) is 16.0 Å². The van der Waals surface area contributed by atoms with E-state index >= 15 is 0 Å². The van der Waals surface area contributed by atoms with E-state index in [4.69, 9.17) is 4.74 Å². The normalized spacial score (nSPS) is 20.6. The zero-order valence-electron chi connectivity index (χ0n) is 11.8. The molecule has 0 aliphatic carbocycles. The highest BCUT2D eigenvalue weighted by atomic mass is 16.5. The summed E-state index contributed by atoms with van der Waals surface area (Å²) in [4.78, 5) is 25.8. The molecule has 1 aromatic carbocycles. The molecular weight excluding hydrogens is 270 g/mol. The van der Waals surface area contributed by atoms with E-state index < -0.39 is 6.10 Å². The van der Waals surface area contributed by atoms with Gasteiger partial charge in [-0.2, -0.15) is 0 Å². The van der Waals surface area contributed by atoms with Crippen LogP contribution in [0.2, 0.25) is 0 Å². The van der Waals surface area contributed by atoms with Gasteiger partial charge in [0.05, 0.1) is 6.54 Å². The van der Waals surface area contributed by atoms with Gasteiger partial charge in [0.15, 0.2) is 6.10 Å². The van der Waals surface area contributed by atoms with Gasteiger partial charge in [-0.25, -0.2) is 0 Å². The summed E-state index contributed by atoms with van der Waals surface area (Å²) >= 11 is 0. The van der Waals surface area contributed by atoms with Crippen molar-refractivity contribution < 1.29 is 14.3 Å². The average molecular weight is 289 g/mol. The Balaban J connectivity index is 1.48. The van der Waals surface area contributed by atoms with Gasteiger partial charge >= 0.3 is 0 Å². The first-order valence-corrected chi connectivity index (χ1v) is 7.25. The predicted molar refractivity (Wildman–Crippen MR) is 77.0 cm³/mol. The highest BCUT2D eigenvalue weighted by Gasteiger charge is 2.29. The van der Waals surface area contributed by atoms with Crippen LogP contribution < -0.4 is 15.4 Å². The Morgan fingerprint density at radius 1 is 1.29 bits per heavy atom. The maximum atomic E-state index is 12.1. The van der Waals surface area contributed by atoms with E-state index in [2.05, 4.69) is 10.6 Å². The van der Waals surface area contributed by atoms with Crippen molar-refractivity contribution in [3.05, 3.63) is 29.8 Å². The Morgan fingerprint density at radius 2 is 2.05 bits per heavy atom. The number of ether oxygens (including phenoxy) is 1. The number of piperazine rings is 1. The zero-order chi connectivity index (χ0) is 14.7. The number of carbonyl (C=O) groups excluding carboxylic acids is 2. The van der Waals surface area contributed by atoms with Gasteiger partial charge in [0.25, 0.3) is 5.91 Å². The van der Waals surface area contributed by atoms with Crippen molar-refractivity contribution in [2.75, 3.05) is 32.7 Å². The van der Waals surface area contributed by atoms with Crippen molar-refractivity contribution in [2.24, 2.45) is 0 Å². The molecule has 2 amide bonds. The number of amides is 2. The summed E-state index contributed by atoms with van der Waals surface area (Å²) in [7, 11) is 0. The first kappa shape index (κ1) is 13.9. The number of para-hydroxylation sites is 1. The molecule has 1 unspecified atom stereocenters. The molecule has 21 heavy (non-hydrogen) atoms. The molecule has 0 radical (unpaired) electrons. The smallest absolute Gasteiger partial charge is 0.261 e. The fourth-order valence-corrected chi connectivity index (χ4v) is 2.63. The van der Waals surface area contributed by atoms with Gasteiger partial charge < -0.3 is 20.3 Å². The monoisotopic (exact) mass is 289 g/mol. The maximum Gasteiger partial charge on any atom is 0.261 e. The van der Waals surface area contributed by atoms with E-state index in [0.29, 0.717) is 19.5 Å². The second-order valence-corrected chi connectivity index (χ2v) is 5.27. The zero-order valence-corrected chi connectivity index (χ0v) is 11.8. The third kappa shape index (κ3) is 3.16. The maximum absolute atomic E-state index is 12.1. The van der Waals surface area contributed by atoms with E-state index in [1.54, 1.807) is 4.90 Å². The third-order valence-corrected chi connectivity index (χ3v) is 3.82. The predicted octanol–water partition coefficient (Wildman–Crippen LogP) is -0.462. The topological polar surface area (TPSA) is 70.7 Å². The van der Waals surface area contributed by atoms with Crippen molar-refractivity contribution >= 4 is 11.8 Å². The summed E-state index contributed by atoms with van der Waals surface area (Å²) in [5.41, 5.74) is 1.03. The summed E-state index contributed by atoms with van der Waals surface area (Å²) < 4.78 is 5.60. The Morgan fingerprint density at radius 3 is 2.81 bits per heavy atom. The number of rotatable bonds is 3. The fourth-order valence-electron chi connectivity index (χ4n) is 2.63. The van der Waals surface area contributed by atoms with Crippen molar-refractivity contribution in [3.8, 4) is 5.75 Å². The number of nitrogens with one attached hydrogen (secondary N) is 2. The third-order valence-electron chi connectivity index (χ3n) is 3.82. The molecule has 112 valence electrons. The van der Waals surface area contributed by atoms with Gasteiger partial charge in [-0.3, -0.25) is 9.59 Å². The molecule has 6 nitrogen and oxygen atoms in total. The van der Waals surface area contributed by atoms with Crippen molar-refractivity contribution in [2.45, 2.75) is 12.5 Å². The van der Waals surface area contributed by atoms with Crippen molar-refractivity contribution in [1.29, 1.82) is 0 Å². The second kappa shape index (κ2) is 6.13. The van der Waals surface area contributed by atoms with Gasteiger partial charge in [0.2, 0.25) is 5.91 Å².